The Morgan fingerprint density at radius 2 is 2.62 bits per heavy atom. The summed E-state index contributed by atoms with van der Waals surface area (Å²) in [4.78, 5) is 11.5. The number of hydrogen-bond acceptors (Lipinski definition) is 3. The molecule has 70 valence electrons. The first-order valence-corrected chi connectivity index (χ1v) is 5.34. The molecule has 3 nitrogen and oxygen atoms in total. The van der Waals surface area contributed by atoms with Crippen LogP contribution in [0.3, 0.4) is 0 Å². The number of amides is 1. The first-order valence-electron chi connectivity index (χ1n) is 4.40. The minimum atomic E-state index is 0.0509. The van der Waals surface area contributed by atoms with Crippen molar-refractivity contribution in [2.45, 2.75) is 12.5 Å². The van der Waals surface area contributed by atoms with Crippen LogP contribution in [0.5, 0.6) is 0 Å². The lowest BCUT2D eigenvalue weighted by atomic mass is 10.2. The highest BCUT2D eigenvalue weighted by molar-refractivity contribution is 7.08. The van der Waals surface area contributed by atoms with E-state index < -0.39 is 0 Å². The zero-order chi connectivity index (χ0) is 9.10. The average Bonchev–Trinajstić information content (AvgIpc) is 2.74. The van der Waals surface area contributed by atoms with Gasteiger partial charge in [-0.1, -0.05) is 0 Å². The third-order valence-corrected chi connectivity index (χ3v) is 2.86. The summed E-state index contributed by atoms with van der Waals surface area (Å²) in [5.41, 5.74) is 0.775. The summed E-state index contributed by atoms with van der Waals surface area (Å²) in [6.45, 7) is 1.91. The van der Waals surface area contributed by atoms with E-state index in [1.165, 1.54) is 0 Å². The van der Waals surface area contributed by atoms with Crippen LogP contribution < -0.4 is 10.6 Å². The highest BCUT2D eigenvalue weighted by atomic mass is 32.1. The third-order valence-electron chi connectivity index (χ3n) is 2.18. The lowest BCUT2D eigenvalue weighted by Crippen LogP contribution is -2.35. The van der Waals surface area contributed by atoms with Crippen molar-refractivity contribution in [1.29, 1.82) is 0 Å². The summed E-state index contributed by atoms with van der Waals surface area (Å²) in [5.74, 6) is 0.0509. The van der Waals surface area contributed by atoms with Crippen molar-refractivity contribution in [2.24, 2.45) is 0 Å². The number of thiophene rings is 1. The largest absolute Gasteiger partial charge is 0.348 e. The van der Waals surface area contributed by atoms with Crippen LogP contribution in [0.4, 0.5) is 0 Å². The molecule has 4 heteroatoms. The number of rotatable bonds is 2. The van der Waals surface area contributed by atoms with Gasteiger partial charge in [0.2, 0.25) is 0 Å². The molecule has 2 rings (SSSR count). The van der Waals surface area contributed by atoms with Crippen LogP contribution in [-0.4, -0.2) is 25.0 Å². The van der Waals surface area contributed by atoms with E-state index in [-0.39, 0.29) is 5.91 Å². The monoisotopic (exact) mass is 196 g/mol. The van der Waals surface area contributed by atoms with Crippen molar-refractivity contribution < 1.29 is 4.79 Å². The highest BCUT2D eigenvalue weighted by Crippen LogP contribution is 2.06. The molecular weight excluding hydrogens is 184 g/mol. The van der Waals surface area contributed by atoms with Gasteiger partial charge in [0.25, 0.3) is 5.91 Å². The zero-order valence-electron chi connectivity index (χ0n) is 7.25. The molecule has 2 heterocycles. The minimum absolute atomic E-state index is 0.0509. The van der Waals surface area contributed by atoms with Crippen LogP contribution in [0, 0.1) is 0 Å². The molecule has 0 aliphatic carbocycles. The number of carbonyl (C=O) groups is 1. The fraction of sp³-hybridized carbons (Fsp3) is 0.444. The van der Waals surface area contributed by atoms with E-state index in [0.29, 0.717) is 6.04 Å². The van der Waals surface area contributed by atoms with Crippen LogP contribution >= 0.6 is 11.3 Å². The van der Waals surface area contributed by atoms with Gasteiger partial charge in [-0.15, -0.1) is 0 Å². The van der Waals surface area contributed by atoms with Crippen LogP contribution in [0.1, 0.15) is 16.8 Å². The van der Waals surface area contributed by atoms with Gasteiger partial charge in [-0.05, 0) is 24.4 Å². The molecule has 1 aliphatic rings. The summed E-state index contributed by atoms with van der Waals surface area (Å²) in [6.07, 6.45) is 1.04. The molecule has 13 heavy (non-hydrogen) atoms. The highest BCUT2D eigenvalue weighted by Gasteiger charge is 2.17. The Kier molecular flexibility index (Phi) is 2.61. The van der Waals surface area contributed by atoms with Gasteiger partial charge < -0.3 is 10.6 Å². The molecule has 1 aromatic rings. The Labute approximate surface area is 81.2 Å². The maximum absolute atomic E-state index is 11.5. The molecule has 0 radical (unpaired) electrons. The molecule has 1 unspecified atom stereocenters. The van der Waals surface area contributed by atoms with Gasteiger partial charge in [0, 0.05) is 23.5 Å². The number of hydrogen-bond donors (Lipinski definition) is 2. The Hall–Kier alpha value is -0.870. The van der Waals surface area contributed by atoms with Crippen LogP contribution in [0.25, 0.3) is 0 Å². The Morgan fingerprint density at radius 1 is 1.69 bits per heavy atom. The maximum Gasteiger partial charge on any atom is 0.252 e. The van der Waals surface area contributed by atoms with Crippen LogP contribution in [-0.2, 0) is 0 Å². The molecule has 1 saturated heterocycles. The first kappa shape index (κ1) is 8.72. The SMILES string of the molecule is O=C(NC1CCNC1)c1ccsc1. The van der Waals surface area contributed by atoms with Gasteiger partial charge >= 0.3 is 0 Å². The fourth-order valence-corrected chi connectivity index (χ4v) is 2.08. The molecular formula is C9H12N2OS. The summed E-state index contributed by atoms with van der Waals surface area (Å²) >= 11 is 1.55. The van der Waals surface area contributed by atoms with Gasteiger partial charge in [-0.2, -0.15) is 11.3 Å². The first-order chi connectivity index (χ1) is 6.36. The normalized spacial score (nSPS) is 21.7. The van der Waals surface area contributed by atoms with Gasteiger partial charge in [0.05, 0.1) is 0 Å². The van der Waals surface area contributed by atoms with E-state index in [4.69, 9.17) is 0 Å². The van der Waals surface area contributed by atoms with E-state index in [1.54, 1.807) is 11.3 Å². The topological polar surface area (TPSA) is 41.1 Å². The Balaban J connectivity index is 1.91. The fourth-order valence-electron chi connectivity index (χ4n) is 1.44. The molecule has 1 fully saturated rings. The van der Waals surface area contributed by atoms with E-state index >= 15 is 0 Å². The Morgan fingerprint density at radius 3 is 3.23 bits per heavy atom. The molecule has 0 bridgehead atoms. The van der Waals surface area contributed by atoms with Crippen molar-refractivity contribution in [1.82, 2.24) is 10.6 Å². The molecule has 1 amide bonds. The summed E-state index contributed by atoms with van der Waals surface area (Å²) in [5, 5.41) is 9.99. The summed E-state index contributed by atoms with van der Waals surface area (Å²) < 4.78 is 0. The second kappa shape index (κ2) is 3.89. The van der Waals surface area contributed by atoms with Crippen LogP contribution in [0.2, 0.25) is 0 Å². The van der Waals surface area contributed by atoms with Gasteiger partial charge in [0.15, 0.2) is 0 Å². The Bertz CT molecular complexity index is 278. The minimum Gasteiger partial charge on any atom is -0.348 e. The predicted molar refractivity (Wildman–Crippen MR) is 53.1 cm³/mol. The van der Waals surface area contributed by atoms with Gasteiger partial charge in [0.1, 0.15) is 0 Å². The molecule has 1 aromatic heterocycles. The van der Waals surface area contributed by atoms with Crippen LogP contribution in [0.15, 0.2) is 16.8 Å². The van der Waals surface area contributed by atoms with Crippen molar-refractivity contribution in [3.8, 4) is 0 Å². The van der Waals surface area contributed by atoms with Crippen molar-refractivity contribution >= 4 is 17.2 Å². The van der Waals surface area contributed by atoms with Gasteiger partial charge in [-0.25, -0.2) is 0 Å². The van der Waals surface area contributed by atoms with E-state index in [2.05, 4.69) is 10.6 Å². The standard InChI is InChI=1S/C9H12N2OS/c12-9(7-2-4-13-6-7)11-8-1-3-10-5-8/h2,4,6,8,10H,1,3,5H2,(H,11,12). The zero-order valence-corrected chi connectivity index (χ0v) is 8.06. The number of nitrogens with one attached hydrogen (secondary N) is 2. The smallest absolute Gasteiger partial charge is 0.252 e. The maximum atomic E-state index is 11.5. The van der Waals surface area contributed by atoms with E-state index in [1.807, 2.05) is 16.8 Å². The molecule has 0 spiro atoms. The van der Waals surface area contributed by atoms with Crippen molar-refractivity contribution in [3.63, 3.8) is 0 Å². The average molecular weight is 196 g/mol. The summed E-state index contributed by atoms with van der Waals surface area (Å²) in [7, 11) is 0. The quantitative estimate of drug-likeness (QED) is 0.736. The van der Waals surface area contributed by atoms with Gasteiger partial charge in [-0.3, -0.25) is 4.79 Å². The van der Waals surface area contributed by atoms with Crippen molar-refractivity contribution in [2.75, 3.05) is 13.1 Å². The number of carbonyl (C=O) groups excluding carboxylic acids is 1. The molecule has 2 N–H and O–H groups in total. The second-order valence-corrected chi connectivity index (χ2v) is 3.96. The molecule has 0 aromatic carbocycles. The second-order valence-electron chi connectivity index (χ2n) is 3.18. The molecule has 0 saturated carbocycles. The third kappa shape index (κ3) is 2.08. The van der Waals surface area contributed by atoms with Crippen molar-refractivity contribution in [3.05, 3.63) is 22.4 Å². The predicted octanol–water partition coefficient (Wildman–Crippen LogP) is 0.840. The lowest BCUT2D eigenvalue weighted by Gasteiger charge is -2.09. The van der Waals surface area contributed by atoms with E-state index in [9.17, 15) is 4.79 Å². The molecule has 1 atom stereocenters. The summed E-state index contributed by atoms with van der Waals surface area (Å²) in [6, 6.07) is 2.16. The van der Waals surface area contributed by atoms with E-state index in [0.717, 1.165) is 25.1 Å². The molecule has 1 aliphatic heterocycles. The lowest BCUT2D eigenvalue weighted by molar-refractivity contribution is 0.0940.